The molecule has 0 aliphatic heterocycles. The van der Waals surface area contributed by atoms with Crippen molar-refractivity contribution in [2.75, 3.05) is 0 Å². The van der Waals surface area contributed by atoms with E-state index in [1.54, 1.807) is 0 Å². The normalized spacial score (nSPS) is 15.0. The molecular weight excluding hydrogens is 270 g/mol. The molecule has 20 heavy (non-hydrogen) atoms. The molecule has 1 aliphatic rings. The summed E-state index contributed by atoms with van der Waals surface area (Å²) in [6.45, 7) is 5.18. The van der Waals surface area contributed by atoms with Gasteiger partial charge in [0.25, 0.3) is 0 Å². The Morgan fingerprint density at radius 2 is 2.15 bits per heavy atom. The fourth-order valence-electron chi connectivity index (χ4n) is 2.22. The lowest BCUT2D eigenvalue weighted by Gasteiger charge is -2.11. The lowest BCUT2D eigenvalue weighted by atomic mass is 10.1. The molecule has 1 aliphatic carbocycles. The van der Waals surface area contributed by atoms with Crippen LogP contribution in [-0.4, -0.2) is 15.8 Å². The third-order valence-electron chi connectivity index (χ3n) is 3.65. The molecular formula is C16H20ClN3. The largest absolute Gasteiger partial charge is 0.310 e. The van der Waals surface area contributed by atoms with Crippen LogP contribution in [0, 0.1) is 0 Å². The van der Waals surface area contributed by atoms with Gasteiger partial charge in [0.05, 0.1) is 11.4 Å². The fourth-order valence-corrected chi connectivity index (χ4v) is 2.39. The third-order valence-corrected chi connectivity index (χ3v) is 3.89. The Morgan fingerprint density at radius 3 is 2.80 bits per heavy atom. The second-order valence-electron chi connectivity index (χ2n) is 5.77. The zero-order valence-corrected chi connectivity index (χ0v) is 12.7. The van der Waals surface area contributed by atoms with Gasteiger partial charge in [0.15, 0.2) is 0 Å². The van der Waals surface area contributed by atoms with Gasteiger partial charge in [0, 0.05) is 23.8 Å². The number of nitrogens with zero attached hydrogens (tertiary/aromatic N) is 2. The number of halogens is 1. The SMILES string of the molecule is CC(C)c1ccn(-c2cc(Cl)ccc2CNC2CC2)n1. The van der Waals surface area contributed by atoms with Crippen molar-refractivity contribution in [3.63, 3.8) is 0 Å². The molecule has 3 nitrogen and oxygen atoms in total. The summed E-state index contributed by atoms with van der Waals surface area (Å²) in [6, 6.07) is 8.79. The minimum absolute atomic E-state index is 0.434. The van der Waals surface area contributed by atoms with E-state index in [0.717, 1.165) is 22.9 Å². The van der Waals surface area contributed by atoms with Crippen molar-refractivity contribution in [3.05, 3.63) is 46.7 Å². The van der Waals surface area contributed by atoms with E-state index < -0.39 is 0 Å². The van der Waals surface area contributed by atoms with Gasteiger partial charge in [-0.15, -0.1) is 0 Å². The number of rotatable bonds is 5. The monoisotopic (exact) mass is 289 g/mol. The molecule has 0 radical (unpaired) electrons. The maximum absolute atomic E-state index is 6.15. The number of hydrogen-bond acceptors (Lipinski definition) is 2. The number of hydrogen-bond donors (Lipinski definition) is 1. The molecule has 0 unspecified atom stereocenters. The van der Waals surface area contributed by atoms with Crippen LogP contribution < -0.4 is 5.32 Å². The van der Waals surface area contributed by atoms with Gasteiger partial charge >= 0.3 is 0 Å². The van der Waals surface area contributed by atoms with Crippen LogP contribution >= 0.6 is 11.6 Å². The maximum atomic E-state index is 6.15. The summed E-state index contributed by atoms with van der Waals surface area (Å²) in [5.74, 6) is 0.434. The quantitative estimate of drug-likeness (QED) is 0.905. The third kappa shape index (κ3) is 3.05. The Balaban J connectivity index is 1.90. The Morgan fingerprint density at radius 1 is 1.35 bits per heavy atom. The highest BCUT2D eigenvalue weighted by Crippen LogP contribution is 2.24. The summed E-state index contributed by atoms with van der Waals surface area (Å²) in [5.41, 5.74) is 3.41. The lowest BCUT2D eigenvalue weighted by Crippen LogP contribution is -2.17. The van der Waals surface area contributed by atoms with Gasteiger partial charge in [-0.3, -0.25) is 0 Å². The molecule has 0 atom stereocenters. The smallest absolute Gasteiger partial charge is 0.0705 e. The van der Waals surface area contributed by atoms with Crippen molar-refractivity contribution in [2.24, 2.45) is 0 Å². The summed E-state index contributed by atoms with van der Waals surface area (Å²) in [5, 5.41) is 8.95. The maximum Gasteiger partial charge on any atom is 0.0705 e. The molecule has 4 heteroatoms. The topological polar surface area (TPSA) is 29.9 Å². The van der Waals surface area contributed by atoms with Gasteiger partial charge in [-0.05, 0) is 42.5 Å². The predicted octanol–water partition coefficient (Wildman–Crippen LogP) is 3.90. The molecule has 1 saturated carbocycles. The van der Waals surface area contributed by atoms with Crippen LogP contribution in [0.15, 0.2) is 30.5 Å². The minimum Gasteiger partial charge on any atom is -0.310 e. The summed E-state index contributed by atoms with van der Waals surface area (Å²) in [7, 11) is 0. The summed E-state index contributed by atoms with van der Waals surface area (Å²) >= 11 is 6.15. The van der Waals surface area contributed by atoms with Gasteiger partial charge in [0.2, 0.25) is 0 Å². The van der Waals surface area contributed by atoms with Crippen LogP contribution in [0.4, 0.5) is 0 Å². The first-order valence-corrected chi connectivity index (χ1v) is 7.59. The van der Waals surface area contributed by atoms with E-state index in [1.807, 2.05) is 23.0 Å². The highest BCUT2D eigenvalue weighted by atomic mass is 35.5. The Kier molecular flexibility index (Phi) is 3.81. The molecule has 0 spiro atoms. The van der Waals surface area contributed by atoms with Gasteiger partial charge < -0.3 is 5.32 Å². The molecule has 1 aromatic carbocycles. The molecule has 106 valence electrons. The molecule has 0 saturated heterocycles. The first-order chi connectivity index (χ1) is 9.63. The molecule has 0 bridgehead atoms. The van der Waals surface area contributed by atoms with Crippen molar-refractivity contribution in [2.45, 2.75) is 45.2 Å². The average molecular weight is 290 g/mol. The number of aromatic nitrogens is 2. The summed E-state index contributed by atoms with van der Waals surface area (Å²) < 4.78 is 1.94. The van der Waals surface area contributed by atoms with Gasteiger partial charge in [-0.25, -0.2) is 4.68 Å². The van der Waals surface area contributed by atoms with Crippen LogP contribution in [0.2, 0.25) is 5.02 Å². The van der Waals surface area contributed by atoms with E-state index in [1.165, 1.54) is 18.4 Å². The fraction of sp³-hybridized carbons (Fsp3) is 0.438. The Bertz CT molecular complexity index is 600. The molecule has 1 fully saturated rings. The van der Waals surface area contributed by atoms with E-state index in [0.29, 0.717) is 12.0 Å². The van der Waals surface area contributed by atoms with Crippen molar-refractivity contribution in [1.82, 2.24) is 15.1 Å². The highest BCUT2D eigenvalue weighted by Gasteiger charge is 2.20. The zero-order valence-electron chi connectivity index (χ0n) is 11.9. The van der Waals surface area contributed by atoms with Crippen molar-refractivity contribution in [3.8, 4) is 5.69 Å². The van der Waals surface area contributed by atoms with E-state index in [4.69, 9.17) is 11.6 Å². The molecule has 1 heterocycles. The van der Waals surface area contributed by atoms with Crippen LogP contribution in [-0.2, 0) is 6.54 Å². The van der Waals surface area contributed by atoms with Gasteiger partial charge in [0.1, 0.15) is 0 Å². The lowest BCUT2D eigenvalue weighted by molar-refractivity contribution is 0.679. The Hall–Kier alpha value is -1.32. The second kappa shape index (κ2) is 5.58. The minimum atomic E-state index is 0.434. The molecule has 3 rings (SSSR count). The highest BCUT2D eigenvalue weighted by molar-refractivity contribution is 6.30. The number of benzene rings is 1. The summed E-state index contributed by atoms with van der Waals surface area (Å²) in [6.07, 6.45) is 4.60. The second-order valence-corrected chi connectivity index (χ2v) is 6.20. The van der Waals surface area contributed by atoms with Crippen molar-refractivity contribution in [1.29, 1.82) is 0 Å². The van der Waals surface area contributed by atoms with E-state index in [-0.39, 0.29) is 0 Å². The molecule has 1 aromatic heterocycles. The van der Waals surface area contributed by atoms with Gasteiger partial charge in [-0.1, -0.05) is 31.5 Å². The first kappa shape index (κ1) is 13.7. The van der Waals surface area contributed by atoms with Crippen LogP contribution in [0.5, 0.6) is 0 Å². The van der Waals surface area contributed by atoms with Crippen LogP contribution in [0.3, 0.4) is 0 Å². The van der Waals surface area contributed by atoms with Crippen molar-refractivity contribution >= 4 is 11.6 Å². The van der Waals surface area contributed by atoms with Crippen LogP contribution in [0.1, 0.15) is 43.9 Å². The van der Waals surface area contributed by atoms with E-state index >= 15 is 0 Å². The van der Waals surface area contributed by atoms with E-state index in [2.05, 4.69) is 36.4 Å². The molecule has 0 amide bonds. The van der Waals surface area contributed by atoms with Crippen LogP contribution in [0.25, 0.3) is 5.69 Å². The summed E-state index contributed by atoms with van der Waals surface area (Å²) in [4.78, 5) is 0. The predicted molar refractivity (Wildman–Crippen MR) is 82.5 cm³/mol. The van der Waals surface area contributed by atoms with E-state index in [9.17, 15) is 0 Å². The first-order valence-electron chi connectivity index (χ1n) is 7.21. The standard InChI is InChI=1S/C16H20ClN3/c1-11(2)15-7-8-20(19-15)16-9-13(17)4-3-12(16)10-18-14-5-6-14/h3-4,7-9,11,14,18H,5-6,10H2,1-2H3. The Labute approximate surface area is 124 Å². The van der Waals surface area contributed by atoms with Gasteiger partial charge in [-0.2, -0.15) is 5.10 Å². The van der Waals surface area contributed by atoms with Crippen molar-refractivity contribution < 1.29 is 0 Å². The number of nitrogens with one attached hydrogen (secondary N) is 1. The average Bonchev–Trinajstić information content (AvgIpc) is 3.11. The molecule has 1 N–H and O–H groups in total. The zero-order chi connectivity index (χ0) is 14.1. The molecule has 2 aromatic rings.